The maximum atomic E-state index is 12.5. The third-order valence-corrected chi connectivity index (χ3v) is 6.36. The van der Waals surface area contributed by atoms with E-state index in [1.807, 2.05) is 30.3 Å². The molecule has 2 aromatic carbocycles. The number of aliphatic imine (C=N–C) groups is 1. The van der Waals surface area contributed by atoms with E-state index in [0.717, 1.165) is 55.6 Å². The molecule has 6 heteroatoms. The lowest BCUT2D eigenvalue weighted by atomic mass is 10.2. The van der Waals surface area contributed by atoms with E-state index >= 15 is 0 Å². The lowest BCUT2D eigenvalue weighted by molar-refractivity contribution is -0.917. The van der Waals surface area contributed by atoms with Crippen molar-refractivity contribution in [3.05, 3.63) is 70.6 Å². The predicted molar refractivity (Wildman–Crippen MR) is 123 cm³/mol. The summed E-state index contributed by atoms with van der Waals surface area (Å²) in [7, 11) is 0. The summed E-state index contributed by atoms with van der Waals surface area (Å²) < 4.78 is 5.82. The first-order valence-electron chi connectivity index (χ1n) is 10.6. The first kappa shape index (κ1) is 20.7. The van der Waals surface area contributed by atoms with Gasteiger partial charge in [0.15, 0.2) is 5.17 Å². The number of amides is 1. The molecule has 0 aromatic heterocycles. The number of carbonyl (C=O) groups excluding carboxylic acids is 1. The molecule has 1 amide bonds. The Kier molecular flexibility index (Phi) is 6.87. The molecule has 2 aliphatic heterocycles. The van der Waals surface area contributed by atoms with Gasteiger partial charge in [-0.3, -0.25) is 4.79 Å². The van der Waals surface area contributed by atoms with Gasteiger partial charge in [-0.15, -0.1) is 0 Å². The van der Waals surface area contributed by atoms with Gasteiger partial charge >= 0.3 is 0 Å². The number of thioether (sulfide) groups is 1. The second kappa shape index (κ2) is 9.96. The van der Waals surface area contributed by atoms with Crippen molar-refractivity contribution in [1.82, 2.24) is 4.90 Å². The average Bonchev–Trinajstić information content (AvgIpc) is 3.14. The zero-order valence-electron chi connectivity index (χ0n) is 17.3. The first-order chi connectivity index (χ1) is 14.7. The van der Waals surface area contributed by atoms with Crippen molar-refractivity contribution in [3.8, 4) is 5.75 Å². The summed E-state index contributed by atoms with van der Waals surface area (Å²) in [6, 6.07) is 18.5. The SMILES string of the molecule is CCCOc1ccccc1/C=C1\SC(N2CC[NH+](Cc3ccccc3)CC2)=NC1=O. The zero-order valence-corrected chi connectivity index (χ0v) is 18.2. The Hall–Kier alpha value is -2.57. The Morgan fingerprint density at radius 2 is 1.83 bits per heavy atom. The molecule has 0 spiro atoms. The van der Waals surface area contributed by atoms with E-state index in [9.17, 15) is 4.79 Å². The monoisotopic (exact) mass is 422 g/mol. The van der Waals surface area contributed by atoms with Crippen molar-refractivity contribution in [2.45, 2.75) is 19.9 Å². The molecule has 4 rings (SSSR count). The number of piperazine rings is 1. The molecule has 1 fully saturated rings. The minimum atomic E-state index is -0.153. The standard InChI is InChI=1S/C24H27N3O2S/c1-2-16-29-21-11-7-6-10-20(21)17-22-23(28)25-24(30-22)27-14-12-26(13-15-27)18-19-8-4-3-5-9-19/h3-11,17H,2,12-16,18H2,1H3/p+1/b22-17-. The molecule has 1 saturated heterocycles. The number of para-hydroxylation sites is 1. The summed E-state index contributed by atoms with van der Waals surface area (Å²) in [5, 5.41) is 0.831. The van der Waals surface area contributed by atoms with E-state index in [0.29, 0.717) is 11.5 Å². The van der Waals surface area contributed by atoms with Gasteiger partial charge in [0.25, 0.3) is 5.91 Å². The van der Waals surface area contributed by atoms with Crippen LogP contribution in [0.15, 0.2) is 64.5 Å². The molecule has 1 N–H and O–H groups in total. The highest BCUT2D eigenvalue weighted by Gasteiger charge is 2.30. The lowest BCUT2D eigenvalue weighted by Gasteiger charge is -2.32. The van der Waals surface area contributed by atoms with Crippen molar-refractivity contribution in [2.24, 2.45) is 4.99 Å². The van der Waals surface area contributed by atoms with Gasteiger partial charge in [-0.05, 0) is 30.3 Å². The van der Waals surface area contributed by atoms with Gasteiger partial charge in [-0.1, -0.05) is 55.5 Å². The van der Waals surface area contributed by atoms with Crippen LogP contribution in [0, 0.1) is 0 Å². The molecule has 0 saturated carbocycles. The van der Waals surface area contributed by atoms with E-state index in [1.54, 1.807) is 4.90 Å². The third-order valence-electron chi connectivity index (χ3n) is 5.31. The Morgan fingerprint density at radius 1 is 1.10 bits per heavy atom. The normalized spacial score (nSPS) is 18.7. The highest BCUT2D eigenvalue weighted by Crippen LogP contribution is 2.32. The third kappa shape index (κ3) is 5.12. The van der Waals surface area contributed by atoms with Gasteiger partial charge < -0.3 is 14.5 Å². The largest absolute Gasteiger partial charge is 0.493 e. The molecule has 2 aromatic rings. The van der Waals surface area contributed by atoms with Crippen LogP contribution in [0.1, 0.15) is 24.5 Å². The van der Waals surface area contributed by atoms with Gasteiger partial charge in [-0.2, -0.15) is 4.99 Å². The number of ether oxygens (including phenoxy) is 1. The minimum Gasteiger partial charge on any atom is -0.493 e. The second-order valence-corrected chi connectivity index (χ2v) is 8.60. The van der Waals surface area contributed by atoms with Crippen LogP contribution in [0.5, 0.6) is 5.75 Å². The van der Waals surface area contributed by atoms with E-state index in [4.69, 9.17) is 4.74 Å². The van der Waals surface area contributed by atoms with E-state index in [1.165, 1.54) is 17.3 Å². The molecule has 0 atom stereocenters. The van der Waals surface area contributed by atoms with Crippen LogP contribution in [-0.2, 0) is 11.3 Å². The van der Waals surface area contributed by atoms with Gasteiger partial charge in [0.05, 0.1) is 37.7 Å². The number of amidine groups is 1. The molecular formula is C24H28N3O2S+. The quantitative estimate of drug-likeness (QED) is 0.728. The Morgan fingerprint density at radius 3 is 2.60 bits per heavy atom. The molecule has 0 unspecified atom stereocenters. The predicted octanol–water partition coefficient (Wildman–Crippen LogP) is 2.85. The summed E-state index contributed by atoms with van der Waals surface area (Å²) in [6.45, 7) is 7.74. The topological polar surface area (TPSA) is 46.3 Å². The number of quaternary nitrogens is 1. The Balaban J connectivity index is 1.36. The minimum absolute atomic E-state index is 0.153. The molecule has 0 radical (unpaired) electrons. The maximum absolute atomic E-state index is 12.5. The number of hydrogen-bond acceptors (Lipinski definition) is 4. The number of carbonyl (C=O) groups is 1. The van der Waals surface area contributed by atoms with Crippen LogP contribution in [0.3, 0.4) is 0 Å². The molecule has 2 heterocycles. The first-order valence-corrected chi connectivity index (χ1v) is 11.4. The number of benzene rings is 2. The van der Waals surface area contributed by atoms with Crippen LogP contribution >= 0.6 is 11.8 Å². The van der Waals surface area contributed by atoms with Gasteiger partial charge in [-0.25, -0.2) is 0 Å². The van der Waals surface area contributed by atoms with Gasteiger partial charge in [0, 0.05) is 11.1 Å². The molecule has 5 nitrogen and oxygen atoms in total. The molecule has 2 aliphatic rings. The number of nitrogens with one attached hydrogen (secondary N) is 1. The Labute approximate surface area is 182 Å². The summed E-state index contributed by atoms with van der Waals surface area (Å²) in [5.74, 6) is 0.659. The van der Waals surface area contributed by atoms with Crippen molar-refractivity contribution in [2.75, 3.05) is 32.8 Å². The van der Waals surface area contributed by atoms with Crippen molar-refractivity contribution in [3.63, 3.8) is 0 Å². The van der Waals surface area contributed by atoms with Crippen molar-refractivity contribution < 1.29 is 14.4 Å². The fourth-order valence-electron chi connectivity index (χ4n) is 3.69. The van der Waals surface area contributed by atoms with Gasteiger partial charge in [0.1, 0.15) is 12.3 Å². The summed E-state index contributed by atoms with van der Waals surface area (Å²) >= 11 is 1.48. The molecular weight excluding hydrogens is 394 g/mol. The Bertz CT molecular complexity index is 934. The average molecular weight is 423 g/mol. The van der Waals surface area contributed by atoms with E-state index in [-0.39, 0.29) is 5.91 Å². The van der Waals surface area contributed by atoms with Crippen LogP contribution in [0.4, 0.5) is 0 Å². The molecule has 156 valence electrons. The highest BCUT2D eigenvalue weighted by atomic mass is 32.2. The van der Waals surface area contributed by atoms with Crippen molar-refractivity contribution >= 4 is 28.9 Å². The zero-order chi connectivity index (χ0) is 20.8. The van der Waals surface area contributed by atoms with E-state index in [2.05, 4.69) is 47.1 Å². The van der Waals surface area contributed by atoms with E-state index < -0.39 is 0 Å². The molecule has 0 bridgehead atoms. The highest BCUT2D eigenvalue weighted by molar-refractivity contribution is 8.18. The lowest BCUT2D eigenvalue weighted by Crippen LogP contribution is -3.13. The van der Waals surface area contributed by atoms with Crippen molar-refractivity contribution in [1.29, 1.82) is 0 Å². The number of rotatable bonds is 6. The summed E-state index contributed by atoms with van der Waals surface area (Å²) in [5.41, 5.74) is 2.30. The van der Waals surface area contributed by atoms with Crippen LogP contribution < -0.4 is 9.64 Å². The molecule has 30 heavy (non-hydrogen) atoms. The molecule has 0 aliphatic carbocycles. The summed E-state index contributed by atoms with van der Waals surface area (Å²) in [6.07, 6.45) is 2.86. The fourth-order valence-corrected chi connectivity index (χ4v) is 4.65. The smallest absolute Gasteiger partial charge is 0.286 e. The van der Waals surface area contributed by atoms with Crippen LogP contribution in [-0.4, -0.2) is 48.8 Å². The fraction of sp³-hybridized carbons (Fsp3) is 0.333. The van der Waals surface area contributed by atoms with Gasteiger partial charge in [0.2, 0.25) is 0 Å². The summed E-state index contributed by atoms with van der Waals surface area (Å²) in [4.78, 5) is 21.3. The van der Waals surface area contributed by atoms with Crippen LogP contribution in [0.25, 0.3) is 6.08 Å². The number of hydrogen-bond donors (Lipinski definition) is 1. The maximum Gasteiger partial charge on any atom is 0.286 e. The van der Waals surface area contributed by atoms with Crippen LogP contribution in [0.2, 0.25) is 0 Å². The second-order valence-electron chi connectivity index (χ2n) is 7.60. The number of nitrogens with zero attached hydrogens (tertiary/aromatic N) is 2.